The number of rotatable bonds is 8. The molecule has 0 heterocycles. The van der Waals surface area contributed by atoms with Gasteiger partial charge in [0.25, 0.3) is 0 Å². The molecule has 0 spiro atoms. The van der Waals surface area contributed by atoms with E-state index in [0.29, 0.717) is 18.5 Å². The fourth-order valence-corrected chi connectivity index (χ4v) is 2.18. The SMILES string of the molecule is CCCNC(=O)C(=O)N/N=C\c1ccc(OCc2ccccc2)c(C(=O)[O-])c1. The van der Waals surface area contributed by atoms with Gasteiger partial charge in [0.15, 0.2) is 0 Å². The summed E-state index contributed by atoms with van der Waals surface area (Å²) in [4.78, 5) is 34.3. The van der Waals surface area contributed by atoms with Crippen molar-refractivity contribution in [2.45, 2.75) is 20.0 Å². The Balaban J connectivity index is 2.02. The summed E-state index contributed by atoms with van der Waals surface area (Å²) in [7, 11) is 0. The van der Waals surface area contributed by atoms with Crippen molar-refractivity contribution < 1.29 is 24.2 Å². The molecule has 2 rings (SSSR count). The lowest BCUT2D eigenvalue weighted by Gasteiger charge is -2.13. The number of carboxylic acids is 1. The third-order valence-corrected chi connectivity index (χ3v) is 3.58. The van der Waals surface area contributed by atoms with Crippen molar-refractivity contribution in [1.82, 2.24) is 10.7 Å². The van der Waals surface area contributed by atoms with E-state index in [0.717, 1.165) is 5.56 Å². The van der Waals surface area contributed by atoms with Crippen LogP contribution in [0, 0.1) is 0 Å². The molecule has 0 aliphatic carbocycles. The second-order valence-corrected chi connectivity index (χ2v) is 5.77. The maximum atomic E-state index is 11.5. The van der Waals surface area contributed by atoms with Crippen molar-refractivity contribution in [3.63, 3.8) is 0 Å². The predicted octanol–water partition coefficient (Wildman–Crippen LogP) is 0.605. The van der Waals surface area contributed by atoms with Crippen LogP contribution in [0.15, 0.2) is 53.6 Å². The lowest BCUT2D eigenvalue weighted by molar-refractivity contribution is -0.255. The number of carboxylic acid groups (broad SMARTS) is 1. The summed E-state index contributed by atoms with van der Waals surface area (Å²) in [5.41, 5.74) is 3.21. The minimum atomic E-state index is -1.40. The highest BCUT2D eigenvalue weighted by Gasteiger charge is 2.11. The molecule has 0 fully saturated rings. The van der Waals surface area contributed by atoms with Crippen LogP contribution in [-0.2, 0) is 16.2 Å². The largest absolute Gasteiger partial charge is 0.545 e. The molecule has 0 aromatic heterocycles. The highest BCUT2D eigenvalue weighted by atomic mass is 16.5. The van der Waals surface area contributed by atoms with Gasteiger partial charge in [-0.2, -0.15) is 5.10 Å². The van der Waals surface area contributed by atoms with E-state index in [1.165, 1.54) is 18.3 Å². The minimum absolute atomic E-state index is 0.146. The number of carbonyl (C=O) groups excluding carboxylic acids is 3. The fraction of sp³-hybridized carbons (Fsp3) is 0.200. The number of carbonyl (C=O) groups is 3. The van der Waals surface area contributed by atoms with Gasteiger partial charge in [-0.15, -0.1) is 0 Å². The average Bonchev–Trinajstić information content (AvgIpc) is 2.71. The number of hydrogen-bond acceptors (Lipinski definition) is 6. The topological polar surface area (TPSA) is 120 Å². The Morgan fingerprint density at radius 3 is 2.54 bits per heavy atom. The van der Waals surface area contributed by atoms with Crippen molar-refractivity contribution in [2.75, 3.05) is 6.54 Å². The smallest absolute Gasteiger partial charge is 0.329 e. The Hall–Kier alpha value is -3.68. The van der Waals surface area contributed by atoms with E-state index < -0.39 is 17.8 Å². The number of hydrogen-bond donors (Lipinski definition) is 2. The molecule has 0 unspecified atom stereocenters. The monoisotopic (exact) mass is 382 g/mol. The van der Waals surface area contributed by atoms with Crippen molar-refractivity contribution in [2.24, 2.45) is 5.10 Å². The van der Waals surface area contributed by atoms with Gasteiger partial charge in [-0.25, -0.2) is 5.43 Å². The van der Waals surface area contributed by atoms with Crippen LogP contribution in [0.3, 0.4) is 0 Å². The van der Waals surface area contributed by atoms with E-state index in [1.807, 2.05) is 37.3 Å². The quantitative estimate of drug-likeness (QED) is 0.394. The number of amides is 2. The van der Waals surface area contributed by atoms with Gasteiger partial charge in [0.2, 0.25) is 0 Å². The molecule has 0 saturated heterocycles. The lowest BCUT2D eigenvalue weighted by atomic mass is 10.1. The Kier molecular flexibility index (Phi) is 7.71. The van der Waals surface area contributed by atoms with Crippen LogP contribution >= 0.6 is 0 Å². The number of nitrogens with one attached hydrogen (secondary N) is 2. The molecule has 0 atom stereocenters. The Morgan fingerprint density at radius 2 is 1.86 bits per heavy atom. The van der Waals surface area contributed by atoms with Gasteiger partial charge in [-0.3, -0.25) is 9.59 Å². The van der Waals surface area contributed by atoms with Gasteiger partial charge in [0.05, 0.1) is 12.2 Å². The molecule has 0 aliphatic rings. The summed E-state index contributed by atoms with van der Waals surface area (Å²) in [6, 6.07) is 13.7. The number of nitrogens with zero attached hydrogens (tertiary/aromatic N) is 1. The lowest BCUT2D eigenvalue weighted by Crippen LogP contribution is -2.38. The van der Waals surface area contributed by atoms with Crippen molar-refractivity contribution in [3.8, 4) is 5.75 Å². The fourth-order valence-electron chi connectivity index (χ4n) is 2.18. The molecule has 146 valence electrons. The summed E-state index contributed by atoms with van der Waals surface area (Å²) in [5.74, 6) is -2.95. The maximum absolute atomic E-state index is 11.5. The molecular formula is C20H20N3O5-. The normalized spacial score (nSPS) is 10.5. The summed E-state index contributed by atoms with van der Waals surface area (Å²) >= 11 is 0. The van der Waals surface area contributed by atoms with Gasteiger partial charge in [0.1, 0.15) is 12.4 Å². The van der Waals surface area contributed by atoms with E-state index in [1.54, 1.807) is 6.07 Å². The third kappa shape index (κ3) is 6.24. The zero-order chi connectivity index (χ0) is 20.4. The molecule has 8 nitrogen and oxygen atoms in total. The average molecular weight is 382 g/mol. The number of aromatic carboxylic acids is 1. The number of ether oxygens (including phenoxy) is 1. The number of hydrazone groups is 1. The molecule has 0 bridgehead atoms. The number of benzene rings is 2. The van der Waals surface area contributed by atoms with E-state index in [4.69, 9.17) is 4.74 Å². The molecule has 28 heavy (non-hydrogen) atoms. The van der Waals surface area contributed by atoms with E-state index in [-0.39, 0.29) is 17.9 Å². The van der Waals surface area contributed by atoms with Crippen molar-refractivity contribution >= 4 is 24.0 Å². The van der Waals surface area contributed by atoms with Crippen molar-refractivity contribution in [3.05, 3.63) is 65.2 Å². The van der Waals surface area contributed by atoms with Crippen molar-refractivity contribution in [1.29, 1.82) is 0 Å². The molecular weight excluding hydrogens is 362 g/mol. The Morgan fingerprint density at radius 1 is 1.11 bits per heavy atom. The van der Waals surface area contributed by atoms with Crippen LogP contribution in [-0.4, -0.2) is 30.5 Å². The third-order valence-electron chi connectivity index (χ3n) is 3.58. The summed E-state index contributed by atoms with van der Waals surface area (Å²) in [6.07, 6.45) is 1.92. The van der Waals surface area contributed by atoms with Gasteiger partial charge >= 0.3 is 11.8 Å². The van der Waals surface area contributed by atoms with Gasteiger partial charge < -0.3 is 20.0 Å². The highest BCUT2D eigenvalue weighted by molar-refractivity contribution is 6.35. The van der Waals surface area contributed by atoms with E-state index in [9.17, 15) is 19.5 Å². The molecule has 8 heteroatoms. The van der Waals surface area contributed by atoms with Gasteiger partial charge in [-0.05, 0) is 35.7 Å². The second kappa shape index (κ2) is 10.5. The van der Waals surface area contributed by atoms with Crippen LogP contribution in [0.5, 0.6) is 5.75 Å². The van der Waals surface area contributed by atoms with Gasteiger partial charge in [-0.1, -0.05) is 37.3 Å². The molecule has 2 N–H and O–H groups in total. The maximum Gasteiger partial charge on any atom is 0.329 e. The highest BCUT2D eigenvalue weighted by Crippen LogP contribution is 2.20. The predicted molar refractivity (Wildman–Crippen MR) is 101 cm³/mol. The first kappa shape index (κ1) is 20.6. The van der Waals surface area contributed by atoms with Crippen LogP contribution in [0.4, 0.5) is 0 Å². The van der Waals surface area contributed by atoms with E-state index in [2.05, 4.69) is 15.8 Å². The Bertz CT molecular complexity index is 865. The molecule has 0 radical (unpaired) electrons. The molecule has 0 aliphatic heterocycles. The standard InChI is InChI=1S/C20H21N3O5/c1-2-10-21-18(24)19(25)23-22-12-15-8-9-17(16(11-15)20(26)27)28-13-14-6-4-3-5-7-14/h3-9,11-12H,2,10,13H2,1H3,(H,21,24)(H,23,25)(H,26,27)/p-1/b22-12-. The van der Waals surface area contributed by atoms with Crippen LogP contribution in [0.2, 0.25) is 0 Å². The molecule has 2 amide bonds. The first-order valence-electron chi connectivity index (χ1n) is 8.64. The van der Waals surface area contributed by atoms with Crippen LogP contribution in [0.1, 0.15) is 34.8 Å². The summed E-state index contributed by atoms with van der Waals surface area (Å²) < 4.78 is 5.56. The first-order valence-corrected chi connectivity index (χ1v) is 8.64. The molecule has 0 saturated carbocycles. The zero-order valence-corrected chi connectivity index (χ0v) is 15.3. The molecule has 2 aromatic rings. The van der Waals surface area contributed by atoms with Gasteiger partial charge in [0, 0.05) is 12.1 Å². The first-order chi connectivity index (χ1) is 13.5. The molecule has 2 aromatic carbocycles. The summed E-state index contributed by atoms with van der Waals surface area (Å²) in [6.45, 7) is 2.45. The van der Waals surface area contributed by atoms with Crippen LogP contribution < -0.4 is 20.6 Å². The Labute approximate surface area is 162 Å². The minimum Gasteiger partial charge on any atom is -0.545 e. The van der Waals surface area contributed by atoms with E-state index >= 15 is 0 Å². The second-order valence-electron chi connectivity index (χ2n) is 5.77. The zero-order valence-electron chi connectivity index (χ0n) is 15.3. The summed E-state index contributed by atoms with van der Waals surface area (Å²) in [5, 5.41) is 17.5. The van der Waals surface area contributed by atoms with Crippen LogP contribution in [0.25, 0.3) is 0 Å².